The molecular weight excluding hydrogens is 204 g/mol. The number of rotatable bonds is 2. The number of aromatic nitrogens is 1. The van der Waals surface area contributed by atoms with Gasteiger partial charge in [0.05, 0.1) is 18.2 Å². The van der Waals surface area contributed by atoms with E-state index in [1.807, 2.05) is 37.3 Å². The number of hydrogen-bond donors (Lipinski definition) is 0. The molecule has 2 aromatic rings. The highest BCUT2D eigenvalue weighted by Crippen LogP contribution is 2.27. The quantitative estimate of drug-likeness (QED) is 0.769. The molecule has 74 valence electrons. The maximum absolute atomic E-state index is 8.61. The van der Waals surface area contributed by atoms with Gasteiger partial charge in [-0.2, -0.15) is 5.26 Å². The molecule has 0 amide bonds. The second-order valence-corrected chi connectivity index (χ2v) is 4.50. The molecule has 1 aromatic heterocycles. The van der Waals surface area contributed by atoms with Crippen molar-refractivity contribution in [2.75, 3.05) is 0 Å². The van der Waals surface area contributed by atoms with Crippen molar-refractivity contribution < 1.29 is 0 Å². The third-order valence-electron chi connectivity index (χ3n) is 2.12. The van der Waals surface area contributed by atoms with E-state index in [2.05, 4.69) is 11.1 Å². The van der Waals surface area contributed by atoms with Crippen LogP contribution in [0, 0.1) is 18.3 Å². The predicted molar refractivity (Wildman–Crippen MR) is 61.6 cm³/mol. The number of benzene rings is 1. The fourth-order valence-corrected chi connectivity index (χ4v) is 2.35. The Hall–Kier alpha value is -1.66. The molecule has 1 aromatic carbocycles. The van der Waals surface area contributed by atoms with E-state index in [0.717, 1.165) is 16.3 Å². The molecule has 1 heterocycles. The zero-order chi connectivity index (χ0) is 10.7. The van der Waals surface area contributed by atoms with Crippen LogP contribution in [0.2, 0.25) is 0 Å². The molecule has 2 rings (SSSR count). The monoisotopic (exact) mass is 214 g/mol. The highest BCUT2D eigenvalue weighted by molar-refractivity contribution is 7.12. The van der Waals surface area contributed by atoms with E-state index >= 15 is 0 Å². The van der Waals surface area contributed by atoms with E-state index < -0.39 is 0 Å². The van der Waals surface area contributed by atoms with Gasteiger partial charge in [-0.15, -0.1) is 11.3 Å². The molecule has 0 aliphatic carbocycles. The minimum Gasteiger partial charge on any atom is -0.240 e. The van der Waals surface area contributed by atoms with E-state index in [1.165, 1.54) is 4.88 Å². The second-order valence-electron chi connectivity index (χ2n) is 3.21. The van der Waals surface area contributed by atoms with Gasteiger partial charge in [0.15, 0.2) is 0 Å². The van der Waals surface area contributed by atoms with Crippen LogP contribution in [-0.4, -0.2) is 4.98 Å². The van der Waals surface area contributed by atoms with Crippen molar-refractivity contribution in [2.24, 2.45) is 0 Å². The van der Waals surface area contributed by atoms with Crippen LogP contribution in [0.5, 0.6) is 0 Å². The summed E-state index contributed by atoms with van der Waals surface area (Å²) in [6.07, 6.45) is 0.401. The molecule has 15 heavy (non-hydrogen) atoms. The average molecular weight is 214 g/mol. The second kappa shape index (κ2) is 4.24. The molecule has 2 nitrogen and oxygen atoms in total. The summed E-state index contributed by atoms with van der Waals surface area (Å²) in [6.45, 7) is 2.04. The number of nitrogens with zero attached hydrogens (tertiary/aromatic N) is 2. The van der Waals surface area contributed by atoms with Crippen LogP contribution in [0.25, 0.3) is 11.3 Å². The summed E-state index contributed by atoms with van der Waals surface area (Å²) in [5.74, 6) is 0. The van der Waals surface area contributed by atoms with Gasteiger partial charge in [0, 0.05) is 10.4 Å². The summed E-state index contributed by atoms with van der Waals surface area (Å²) in [5, 5.41) is 9.50. The van der Waals surface area contributed by atoms with Gasteiger partial charge in [-0.05, 0) is 6.92 Å². The lowest BCUT2D eigenvalue weighted by molar-refractivity contribution is 1.19. The topological polar surface area (TPSA) is 36.7 Å². The van der Waals surface area contributed by atoms with Crippen molar-refractivity contribution in [3.8, 4) is 17.3 Å². The van der Waals surface area contributed by atoms with Crippen LogP contribution >= 0.6 is 11.3 Å². The highest BCUT2D eigenvalue weighted by atomic mass is 32.1. The number of thiazole rings is 1. The van der Waals surface area contributed by atoms with Crippen LogP contribution in [0.3, 0.4) is 0 Å². The lowest BCUT2D eigenvalue weighted by atomic mass is 10.1. The van der Waals surface area contributed by atoms with Crippen LogP contribution < -0.4 is 0 Å². The molecule has 0 aliphatic heterocycles. The van der Waals surface area contributed by atoms with E-state index in [1.54, 1.807) is 11.3 Å². The fourth-order valence-electron chi connectivity index (χ4n) is 1.46. The van der Waals surface area contributed by atoms with Crippen LogP contribution in [0.4, 0.5) is 0 Å². The third-order valence-corrected chi connectivity index (χ3v) is 3.09. The van der Waals surface area contributed by atoms with Gasteiger partial charge in [0.25, 0.3) is 0 Å². The Bertz CT molecular complexity index is 494. The Kier molecular flexibility index (Phi) is 2.79. The van der Waals surface area contributed by atoms with E-state index in [4.69, 9.17) is 5.26 Å². The maximum atomic E-state index is 8.61. The molecule has 3 heteroatoms. The largest absolute Gasteiger partial charge is 0.240 e. The molecule has 0 saturated carbocycles. The highest BCUT2D eigenvalue weighted by Gasteiger charge is 2.08. The van der Waals surface area contributed by atoms with Crippen LogP contribution in [0.15, 0.2) is 30.3 Å². The van der Waals surface area contributed by atoms with Crippen molar-refractivity contribution in [1.82, 2.24) is 4.98 Å². The first kappa shape index (κ1) is 9.88. The number of hydrogen-bond acceptors (Lipinski definition) is 3. The zero-order valence-corrected chi connectivity index (χ0v) is 9.21. The Balaban J connectivity index is 2.42. The van der Waals surface area contributed by atoms with Gasteiger partial charge in [0.2, 0.25) is 0 Å². The molecule has 0 spiro atoms. The Labute approximate surface area is 92.8 Å². The molecule has 0 bridgehead atoms. The Morgan fingerprint density at radius 1 is 1.33 bits per heavy atom. The van der Waals surface area contributed by atoms with E-state index in [-0.39, 0.29) is 0 Å². The SMILES string of the molecule is Cc1sc(CC#N)nc1-c1ccccc1. The zero-order valence-electron chi connectivity index (χ0n) is 8.40. The van der Waals surface area contributed by atoms with Gasteiger partial charge in [-0.3, -0.25) is 0 Å². The first-order valence-electron chi connectivity index (χ1n) is 4.70. The summed E-state index contributed by atoms with van der Waals surface area (Å²) in [5.41, 5.74) is 2.13. The Morgan fingerprint density at radius 3 is 2.73 bits per heavy atom. The van der Waals surface area contributed by atoms with E-state index in [9.17, 15) is 0 Å². The molecule has 0 saturated heterocycles. The van der Waals surface area contributed by atoms with Crippen molar-refractivity contribution in [3.05, 3.63) is 40.2 Å². The van der Waals surface area contributed by atoms with Crippen molar-refractivity contribution in [3.63, 3.8) is 0 Å². The van der Waals surface area contributed by atoms with Gasteiger partial charge >= 0.3 is 0 Å². The minimum absolute atomic E-state index is 0.401. The predicted octanol–water partition coefficient (Wildman–Crippen LogP) is 3.18. The molecule has 0 N–H and O–H groups in total. The summed E-state index contributed by atoms with van der Waals surface area (Å²) >= 11 is 1.60. The number of nitriles is 1. The molecule has 0 unspecified atom stereocenters. The molecule has 0 radical (unpaired) electrons. The molecular formula is C12H10N2S. The normalized spacial score (nSPS) is 9.87. The summed E-state index contributed by atoms with van der Waals surface area (Å²) in [7, 11) is 0. The molecule has 0 fully saturated rings. The van der Waals surface area contributed by atoms with Crippen molar-refractivity contribution in [2.45, 2.75) is 13.3 Å². The fraction of sp³-hybridized carbons (Fsp3) is 0.167. The van der Waals surface area contributed by atoms with Gasteiger partial charge in [0.1, 0.15) is 5.01 Å². The first-order chi connectivity index (χ1) is 7.31. The lowest BCUT2D eigenvalue weighted by Gasteiger charge is -1.96. The van der Waals surface area contributed by atoms with Crippen molar-refractivity contribution >= 4 is 11.3 Å². The van der Waals surface area contributed by atoms with E-state index in [0.29, 0.717) is 6.42 Å². The van der Waals surface area contributed by atoms with Gasteiger partial charge < -0.3 is 0 Å². The third kappa shape index (κ3) is 2.05. The Morgan fingerprint density at radius 2 is 2.07 bits per heavy atom. The first-order valence-corrected chi connectivity index (χ1v) is 5.51. The molecule has 0 atom stereocenters. The van der Waals surface area contributed by atoms with Crippen LogP contribution in [-0.2, 0) is 6.42 Å². The van der Waals surface area contributed by atoms with Gasteiger partial charge in [-0.25, -0.2) is 4.98 Å². The minimum atomic E-state index is 0.401. The smallest absolute Gasteiger partial charge is 0.108 e. The lowest BCUT2D eigenvalue weighted by Crippen LogP contribution is -1.82. The number of aryl methyl sites for hydroxylation is 1. The maximum Gasteiger partial charge on any atom is 0.108 e. The summed E-state index contributed by atoms with van der Waals surface area (Å²) in [4.78, 5) is 5.64. The van der Waals surface area contributed by atoms with Crippen molar-refractivity contribution in [1.29, 1.82) is 5.26 Å². The summed E-state index contributed by atoms with van der Waals surface area (Å²) in [6, 6.07) is 12.2. The average Bonchev–Trinajstić information content (AvgIpc) is 2.61. The van der Waals surface area contributed by atoms with Crippen LogP contribution in [0.1, 0.15) is 9.88 Å². The standard InChI is InChI=1S/C12H10N2S/c1-9-12(10-5-3-2-4-6-10)14-11(15-9)7-8-13/h2-6H,7H2,1H3. The summed E-state index contributed by atoms with van der Waals surface area (Å²) < 4.78 is 0. The molecule has 0 aliphatic rings. The van der Waals surface area contributed by atoms with Gasteiger partial charge in [-0.1, -0.05) is 30.3 Å².